The first-order chi connectivity index (χ1) is 8.95. The topological polar surface area (TPSA) is 72.2 Å². The number of nitrogens with one attached hydrogen (secondary N) is 1. The zero-order chi connectivity index (χ0) is 15.7. The average Bonchev–Trinajstić information content (AvgIpc) is 2.26. The lowest BCUT2D eigenvalue weighted by atomic mass is 10.1. The molecule has 0 fully saturated rings. The molecule has 1 unspecified atom stereocenters. The van der Waals surface area contributed by atoms with E-state index in [1.807, 2.05) is 5.32 Å². The zero-order valence-electron chi connectivity index (χ0n) is 10.0. The van der Waals surface area contributed by atoms with Crippen molar-refractivity contribution in [3.63, 3.8) is 0 Å². The summed E-state index contributed by atoms with van der Waals surface area (Å²) in [4.78, 5) is 22.8. The van der Waals surface area contributed by atoms with E-state index >= 15 is 0 Å². The van der Waals surface area contributed by atoms with Crippen LogP contribution in [0.15, 0.2) is 18.2 Å². The molecule has 0 aromatic heterocycles. The van der Waals surface area contributed by atoms with Crippen molar-refractivity contribution in [3.05, 3.63) is 35.1 Å². The first-order valence-electron chi connectivity index (χ1n) is 5.13. The van der Waals surface area contributed by atoms with Crippen LogP contribution in [0.1, 0.15) is 22.8 Å². The van der Waals surface area contributed by atoms with Crippen molar-refractivity contribution in [2.45, 2.75) is 17.5 Å². The van der Waals surface area contributed by atoms with Crippen molar-refractivity contribution in [2.75, 3.05) is 0 Å². The van der Waals surface area contributed by atoms with Gasteiger partial charge in [0.25, 0.3) is 11.8 Å². The second-order valence-corrected chi connectivity index (χ2v) is 5.60. The van der Waals surface area contributed by atoms with E-state index in [0.29, 0.717) is 12.1 Å². The molecular weight excluding hydrogens is 348 g/mol. The van der Waals surface area contributed by atoms with Crippen LogP contribution in [0.3, 0.4) is 0 Å². The van der Waals surface area contributed by atoms with Crippen LogP contribution >= 0.6 is 15.9 Å². The maximum absolute atomic E-state index is 12.9. The Morgan fingerprint density at radius 2 is 1.85 bits per heavy atom. The van der Waals surface area contributed by atoms with Crippen molar-refractivity contribution in [1.82, 2.24) is 5.32 Å². The number of carbonyl (C=O) groups is 2. The van der Waals surface area contributed by atoms with E-state index in [-0.39, 0.29) is 6.07 Å². The molecule has 20 heavy (non-hydrogen) atoms. The van der Waals surface area contributed by atoms with Gasteiger partial charge in [0, 0.05) is 0 Å². The van der Waals surface area contributed by atoms with Gasteiger partial charge in [-0.15, -0.1) is 0 Å². The van der Waals surface area contributed by atoms with Crippen molar-refractivity contribution in [3.8, 4) is 0 Å². The van der Waals surface area contributed by atoms with Crippen LogP contribution in [0.5, 0.6) is 0 Å². The predicted molar refractivity (Wildman–Crippen MR) is 65.4 cm³/mol. The van der Waals surface area contributed by atoms with Gasteiger partial charge in [0.05, 0.1) is 11.1 Å². The minimum Gasteiger partial charge on any atom is -0.367 e. The molecule has 0 radical (unpaired) electrons. The van der Waals surface area contributed by atoms with Gasteiger partial charge in [0.2, 0.25) is 0 Å². The number of halogens is 5. The van der Waals surface area contributed by atoms with E-state index in [4.69, 9.17) is 5.73 Å². The smallest absolute Gasteiger partial charge is 0.367 e. The zero-order valence-corrected chi connectivity index (χ0v) is 11.6. The number of rotatable bonds is 3. The standard InChI is InChI=1S/C11H9BrF4N2O2/c1-10(12,9(17)20)18-8(19)6-3-2-5(13)4-7(6)11(14,15)16/h2-4H,1H3,(H2,17,20)(H,18,19). The molecule has 9 heteroatoms. The lowest BCUT2D eigenvalue weighted by Crippen LogP contribution is -2.50. The molecule has 4 nitrogen and oxygen atoms in total. The lowest BCUT2D eigenvalue weighted by molar-refractivity contribution is -0.138. The van der Waals surface area contributed by atoms with Gasteiger partial charge in [-0.25, -0.2) is 4.39 Å². The highest BCUT2D eigenvalue weighted by Gasteiger charge is 2.37. The van der Waals surface area contributed by atoms with E-state index in [9.17, 15) is 27.2 Å². The number of hydrogen-bond acceptors (Lipinski definition) is 2. The van der Waals surface area contributed by atoms with Crippen LogP contribution in [0.4, 0.5) is 17.6 Å². The van der Waals surface area contributed by atoms with Crippen LogP contribution < -0.4 is 11.1 Å². The number of alkyl halides is 4. The van der Waals surface area contributed by atoms with Crippen molar-refractivity contribution >= 4 is 27.7 Å². The van der Waals surface area contributed by atoms with E-state index in [0.717, 1.165) is 6.92 Å². The Kier molecular flexibility index (Phi) is 4.42. The van der Waals surface area contributed by atoms with Crippen molar-refractivity contribution in [2.24, 2.45) is 5.73 Å². The summed E-state index contributed by atoms with van der Waals surface area (Å²) in [7, 11) is 0. The average molecular weight is 357 g/mol. The third-order valence-electron chi connectivity index (χ3n) is 2.34. The fraction of sp³-hybridized carbons (Fsp3) is 0.273. The van der Waals surface area contributed by atoms with Crippen molar-refractivity contribution < 1.29 is 27.2 Å². The van der Waals surface area contributed by atoms with Crippen LogP contribution in [0.25, 0.3) is 0 Å². The lowest BCUT2D eigenvalue weighted by Gasteiger charge is -2.21. The van der Waals surface area contributed by atoms with Gasteiger partial charge in [0.1, 0.15) is 5.82 Å². The molecular formula is C11H9BrF4N2O2. The van der Waals surface area contributed by atoms with Gasteiger partial charge in [0.15, 0.2) is 4.45 Å². The highest BCUT2D eigenvalue weighted by molar-refractivity contribution is 9.10. The highest BCUT2D eigenvalue weighted by Crippen LogP contribution is 2.32. The van der Waals surface area contributed by atoms with Gasteiger partial charge < -0.3 is 11.1 Å². The number of benzene rings is 1. The molecule has 0 aliphatic carbocycles. The fourth-order valence-electron chi connectivity index (χ4n) is 1.29. The maximum Gasteiger partial charge on any atom is 0.417 e. The minimum absolute atomic E-state index is 0.199. The molecule has 0 spiro atoms. The molecule has 0 aliphatic rings. The summed E-state index contributed by atoms with van der Waals surface area (Å²) >= 11 is 2.77. The molecule has 3 N–H and O–H groups in total. The molecule has 0 saturated heterocycles. The molecule has 110 valence electrons. The monoisotopic (exact) mass is 356 g/mol. The molecule has 0 saturated carbocycles. The van der Waals surface area contributed by atoms with Crippen LogP contribution in [0.2, 0.25) is 0 Å². The molecule has 1 aromatic carbocycles. The van der Waals surface area contributed by atoms with Crippen LogP contribution in [0, 0.1) is 5.82 Å². The second-order valence-electron chi connectivity index (χ2n) is 4.01. The highest BCUT2D eigenvalue weighted by atomic mass is 79.9. The quantitative estimate of drug-likeness (QED) is 0.495. The summed E-state index contributed by atoms with van der Waals surface area (Å²) in [5.41, 5.74) is 2.71. The number of nitrogens with two attached hydrogens (primary N) is 1. The van der Waals surface area contributed by atoms with Gasteiger partial charge in [-0.3, -0.25) is 9.59 Å². The number of amides is 2. The summed E-state index contributed by atoms with van der Waals surface area (Å²) in [6.45, 7) is 1.16. The summed E-state index contributed by atoms with van der Waals surface area (Å²) in [5, 5.41) is 1.98. The summed E-state index contributed by atoms with van der Waals surface area (Å²) < 4.78 is 49.4. The van der Waals surface area contributed by atoms with Crippen LogP contribution in [-0.4, -0.2) is 16.3 Å². The Bertz CT molecular complexity index is 558. The largest absolute Gasteiger partial charge is 0.417 e. The molecule has 0 bridgehead atoms. The van der Waals surface area contributed by atoms with E-state index < -0.39 is 39.4 Å². The van der Waals surface area contributed by atoms with Gasteiger partial charge >= 0.3 is 6.18 Å². The Morgan fingerprint density at radius 1 is 1.30 bits per heavy atom. The SMILES string of the molecule is CC(Br)(NC(=O)c1ccc(F)cc1C(F)(F)F)C(N)=O. The van der Waals surface area contributed by atoms with Gasteiger partial charge in [-0.05, 0) is 25.1 Å². The van der Waals surface area contributed by atoms with E-state index in [2.05, 4.69) is 15.9 Å². The number of hydrogen-bond donors (Lipinski definition) is 2. The molecule has 1 aromatic rings. The molecule has 1 atom stereocenters. The van der Waals surface area contributed by atoms with Crippen molar-refractivity contribution in [1.29, 1.82) is 0 Å². The molecule has 0 aliphatic heterocycles. The Hall–Kier alpha value is -1.64. The minimum atomic E-state index is -4.91. The summed E-state index contributed by atoms with van der Waals surface area (Å²) in [6, 6.07) is 1.59. The van der Waals surface area contributed by atoms with Crippen LogP contribution in [-0.2, 0) is 11.0 Å². The Balaban J connectivity index is 3.21. The molecule has 1 rings (SSSR count). The van der Waals surface area contributed by atoms with Gasteiger partial charge in [-0.1, -0.05) is 15.9 Å². The third-order valence-corrected chi connectivity index (χ3v) is 2.93. The first kappa shape index (κ1) is 16.4. The Morgan fingerprint density at radius 3 is 2.30 bits per heavy atom. The van der Waals surface area contributed by atoms with E-state index in [1.54, 1.807) is 0 Å². The maximum atomic E-state index is 12.9. The number of carbonyl (C=O) groups excluding carboxylic acids is 2. The van der Waals surface area contributed by atoms with Gasteiger partial charge in [-0.2, -0.15) is 13.2 Å². The first-order valence-corrected chi connectivity index (χ1v) is 5.92. The Labute approximate surface area is 119 Å². The number of primary amides is 1. The summed E-state index contributed by atoms with van der Waals surface area (Å²) in [6.07, 6.45) is -4.91. The molecule has 2 amide bonds. The second kappa shape index (κ2) is 5.39. The fourth-order valence-corrected chi connectivity index (χ4v) is 1.47. The summed E-state index contributed by atoms with van der Waals surface area (Å²) in [5.74, 6) is -3.34. The normalized spacial score (nSPS) is 14.5. The predicted octanol–water partition coefficient (Wildman–Crippen LogP) is 2.17. The molecule has 0 heterocycles. The third kappa shape index (κ3) is 3.69. The van der Waals surface area contributed by atoms with E-state index in [1.165, 1.54) is 0 Å².